The van der Waals surface area contributed by atoms with Crippen molar-refractivity contribution in [3.05, 3.63) is 24.3 Å². The van der Waals surface area contributed by atoms with Gasteiger partial charge in [-0.05, 0) is 43.5 Å². The van der Waals surface area contributed by atoms with Crippen LogP contribution in [0.5, 0.6) is 11.5 Å². The Bertz CT molecular complexity index is 720. The van der Waals surface area contributed by atoms with Crippen molar-refractivity contribution >= 4 is 11.6 Å². The first-order valence-electron chi connectivity index (χ1n) is 8.73. The van der Waals surface area contributed by atoms with Gasteiger partial charge in [0.1, 0.15) is 11.5 Å². The lowest BCUT2D eigenvalue weighted by Crippen LogP contribution is -2.61. The maximum Gasteiger partial charge on any atom is 0.439 e. The molecule has 1 aliphatic carbocycles. The summed E-state index contributed by atoms with van der Waals surface area (Å²) >= 11 is 0. The molecule has 2 aliphatic rings. The van der Waals surface area contributed by atoms with Gasteiger partial charge in [0.05, 0.1) is 13.0 Å². The van der Waals surface area contributed by atoms with Crippen molar-refractivity contribution in [3.63, 3.8) is 0 Å². The van der Waals surface area contributed by atoms with E-state index in [9.17, 15) is 23.1 Å². The number of amides is 1. The number of methoxy groups -OCH3 is 1. The summed E-state index contributed by atoms with van der Waals surface area (Å²) in [7, 11) is 1.49. The van der Waals surface area contributed by atoms with Crippen molar-refractivity contribution in [2.24, 2.45) is 11.0 Å². The van der Waals surface area contributed by atoms with Crippen molar-refractivity contribution in [1.29, 1.82) is 0 Å². The Kier molecular flexibility index (Phi) is 5.32. The van der Waals surface area contributed by atoms with E-state index in [1.807, 2.05) is 0 Å². The van der Waals surface area contributed by atoms with Crippen LogP contribution >= 0.6 is 0 Å². The van der Waals surface area contributed by atoms with Gasteiger partial charge in [-0.25, -0.2) is 0 Å². The zero-order valence-corrected chi connectivity index (χ0v) is 14.8. The summed E-state index contributed by atoms with van der Waals surface area (Å²) in [6.45, 7) is -0.672. The first kappa shape index (κ1) is 19.5. The zero-order chi connectivity index (χ0) is 19.7. The third-order valence-corrected chi connectivity index (χ3v) is 4.94. The van der Waals surface area contributed by atoms with E-state index < -0.39 is 30.3 Å². The van der Waals surface area contributed by atoms with Gasteiger partial charge in [0.15, 0.2) is 6.61 Å². The van der Waals surface area contributed by atoms with Gasteiger partial charge in [0.2, 0.25) is 0 Å². The van der Waals surface area contributed by atoms with Gasteiger partial charge in [0, 0.05) is 5.71 Å². The fraction of sp³-hybridized carbons (Fsp3) is 0.556. The second kappa shape index (κ2) is 7.38. The Balaban J connectivity index is 1.78. The molecule has 1 heterocycles. The minimum absolute atomic E-state index is 0.137. The number of hydrogen-bond donors (Lipinski definition) is 1. The van der Waals surface area contributed by atoms with Crippen molar-refractivity contribution in [2.75, 3.05) is 13.7 Å². The molecule has 1 aliphatic heterocycles. The molecule has 1 N–H and O–H groups in total. The Labute approximate surface area is 154 Å². The van der Waals surface area contributed by atoms with Gasteiger partial charge in [0.25, 0.3) is 11.6 Å². The summed E-state index contributed by atoms with van der Waals surface area (Å²) in [4.78, 5) is 12.4. The molecule has 0 radical (unpaired) electrons. The van der Waals surface area contributed by atoms with Crippen LogP contribution in [0.15, 0.2) is 29.4 Å². The van der Waals surface area contributed by atoms with Crippen molar-refractivity contribution in [2.45, 2.75) is 44.0 Å². The summed E-state index contributed by atoms with van der Waals surface area (Å²) in [5.41, 5.74) is -3.10. The molecule has 0 unspecified atom stereocenters. The number of hydrazone groups is 1. The second-order valence-corrected chi connectivity index (χ2v) is 6.64. The smallest absolute Gasteiger partial charge is 0.439 e. The maximum absolute atomic E-state index is 13.7. The van der Waals surface area contributed by atoms with Crippen LogP contribution in [0.25, 0.3) is 0 Å². The molecule has 0 aromatic heterocycles. The lowest BCUT2D eigenvalue weighted by Gasteiger charge is -2.37. The van der Waals surface area contributed by atoms with Crippen LogP contribution in [-0.2, 0) is 4.79 Å². The normalized spacial score (nSPS) is 25.4. The van der Waals surface area contributed by atoms with E-state index in [2.05, 4.69) is 5.10 Å². The number of fused-ring (bicyclic) bond motifs is 1. The standard InChI is InChI=1S/C18H21F3N2O4/c1-26-12-7-9-13(10-8-12)27-11-16(24)23-17(25,18(19,20)21)14-5-3-2-4-6-15(14)22-23/h7-10,14,25H,2-6,11H2,1H3/t14-,17-/m1/s1. The molecule has 2 atom stereocenters. The van der Waals surface area contributed by atoms with Crippen LogP contribution in [0.4, 0.5) is 13.2 Å². The van der Waals surface area contributed by atoms with E-state index in [4.69, 9.17) is 9.47 Å². The number of carbonyl (C=O) groups excluding carboxylic acids is 1. The molecule has 148 valence electrons. The van der Waals surface area contributed by atoms with Crippen LogP contribution < -0.4 is 9.47 Å². The molecular weight excluding hydrogens is 365 g/mol. The second-order valence-electron chi connectivity index (χ2n) is 6.64. The van der Waals surface area contributed by atoms with Crippen LogP contribution in [0.3, 0.4) is 0 Å². The predicted molar refractivity (Wildman–Crippen MR) is 90.3 cm³/mol. The zero-order valence-electron chi connectivity index (χ0n) is 14.8. The molecule has 1 amide bonds. The summed E-state index contributed by atoms with van der Waals surface area (Å²) in [6, 6.07) is 6.25. The number of halogens is 3. The first-order valence-corrected chi connectivity index (χ1v) is 8.73. The SMILES string of the molecule is COc1ccc(OCC(=O)N2N=C3CCCCC[C@H]3[C@@]2(O)C(F)(F)F)cc1. The highest BCUT2D eigenvalue weighted by atomic mass is 19.4. The monoisotopic (exact) mass is 386 g/mol. The molecule has 1 aromatic carbocycles. The van der Waals surface area contributed by atoms with Crippen LogP contribution in [0, 0.1) is 5.92 Å². The molecule has 0 bridgehead atoms. The van der Waals surface area contributed by atoms with E-state index in [-0.39, 0.29) is 17.1 Å². The molecule has 1 saturated carbocycles. The van der Waals surface area contributed by atoms with Crippen molar-refractivity contribution in [1.82, 2.24) is 5.01 Å². The number of rotatable bonds is 4. The summed E-state index contributed by atoms with van der Waals surface area (Å²) < 4.78 is 51.5. The van der Waals surface area contributed by atoms with Gasteiger partial charge in [-0.15, -0.1) is 0 Å². The summed E-state index contributed by atoms with van der Waals surface area (Å²) in [5, 5.41) is 14.6. The minimum Gasteiger partial charge on any atom is -0.497 e. The third-order valence-electron chi connectivity index (χ3n) is 4.94. The Morgan fingerprint density at radius 1 is 1.26 bits per heavy atom. The highest BCUT2D eigenvalue weighted by Gasteiger charge is 2.68. The quantitative estimate of drug-likeness (QED) is 0.863. The highest BCUT2D eigenvalue weighted by molar-refractivity contribution is 5.93. The van der Waals surface area contributed by atoms with Crippen LogP contribution in [0.1, 0.15) is 32.1 Å². The number of hydrogen-bond acceptors (Lipinski definition) is 5. The highest BCUT2D eigenvalue weighted by Crippen LogP contribution is 2.47. The number of ether oxygens (including phenoxy) is 2. The molecule has 1 aromatic rings. The molecular formula is C18H21F3N2O4. The number of aliphatic hydroxyl groups is 1. The van der Waals surface area contributed by atoms with E-state index in [1.54, 1.807) is 12.1 Å². The summed E-state index contributed by atoms with van der Waals surface area (Å²) in [6.07, 6.45) is -2.54. The average molecular weight is 386 g/mol. The number of benzene rings is 1. The van der Waals surface area contributed by atoms with Gasteiger partial charge >= 0.3 is 6.18 Å². The molecule has 3 rings (SSSR count). The number of carbonyl (C=O) groups is 1. The van der Waals surface area contributed by atoms with Gasteiger partial charge < -0.3 is 14.6 Å². The topological polar surface area (TPSA) is 71.4 Å². The van der Waals surface area contributed by atoms with E-state index >= 15 is 0 Å². The van der Waals surface area contributed by atoms with E-state index in [0.717, 1.165) is 6.42 Å². The molecule has 1 fully saturated rings. The largest absolute Gasteiger partial charge is 0.497 e. The van der Waals surface area contributed by atoms with Gasteiger partial charge in [-0.1, -0.05) is 12.8 Å². The van der Waals surface area contributed by atoms with E-state index in [0.29, 0.717) is 30.8 Å². The lowest BCUT2D eigenvalue weighted by molar-refractivity contribution is -0.317. The first-order chi connectivity index (χ1) is 12.8. The lowest BCUT2D eigenvalue weighted by atomic mass is 9.87. The molecule has 0 saturated heterocycles. The van der Waals surface area contributed by atoms with E-state index in [1.165, 1.54) is 19.2 Å². The maximum atomic E-state index is 13.7. The van der Waals surface area contributed by atoms with Crippen molar-refractivity contribution < 1.29 is 32.5 Å². The Morgan fingerprint density at radius 3 is 2.56 bits per heavy atom. The number of alkyl halides is 3. The molecule has 27 heavy (non-hydrogen) atoms. The van der Waals surface area contributed by atoms with Crippen LogP contribution in [0.2, 0.25) is 0 Å². The minimum atomic E-state index is -5.02. The Morgan fingerprint density at radius 2 is 1.93 bits per heavy atom. The summed E-state index contributed by atoms with van der Waals surface area (Å²) in [5.74, 6) is -1.41. The Hall–Kier alpha value is -2.29. The van der Waals surface area contributed by atoms with Gasteiger partial charge in [-0.2, -0.15) is 23.3 Å². The average Bonchev–Trinajstić information content (AvgIpc) is 2.79. The van der Waals surface area contributed by atoms with Crippen LogP contribution in [-0.4, -0.2) is 47.4 Å². The third kappa shape index (κ3) is 3.60. The molecule has 0 spiro atoms. The predicted octanol–water partition coefficient (Wildman–Crippen LogP) is 3.10. The number of nitrogens with zero attached hydrogens (tertiary/aromatic N) is 2. The van der Waals surface area contributed by atoms with Crippen molar-refractivity contribution in [3.8, 4) is 11.5 Å². The van der Waals surface area contributed by atoms with Gasteiger partial charge in [-0.3, -0.25) is 4.79 Å². The molecule has 9 heteroatoms. The molecule has 6 nitrogen and oxygen atoms in total. The fourth-order valence-electron chi connectivity index (χ4n) is 3.52. The fourth-order valence-corrected chi connectivity index (χ4v) is 3.52.